The molecule has 0 radical (unpaired) electrons. The van der Waals surface area contributed by atoms with Gasteiger partial charge >= 0.3 is 0 Å². The lowest BCUT2D eigenvalue weighted by atomic mass is 9.66. The monoisotopic (exact) mass is 279 g/mol. The second-order valence-electron chi connectivity index (χ2n) is 7.29. The van der Waals surface area contributed by atoms with Crippen molar-refractivity contribution >= 4 is 0 Å². The van der Waals surface area contributed by atoms with E-state index in [1.165, 1.54) is 40.8 Å². The van der Waals surface area contributed by atoms with Gasteiger partial charge in [-0.15, -0.1) is 0 Å². The Morgan fingerprint density at radius 1 is 1.10 bits per heavy atom. The fourth-order valence-electron chi connectivity index (χ4n) is 3.49. The SMILES string of the molecule is Cc1ccc(CC2c3ncc(C)cc3CCC2(C)C)cc1. The van der Waals surface area contributed by atoms with Crippen LogP contribution in [0.2, 0.25) is 0 Å². The van der Waals surface area contributed by atoms with Gasteiger partial charge in [-0.3, -0.25) is 4.98 Å². The molecule has 1 atom stereocenters. The van der Waals surface area contributed by atoms with Gasteiger partial charge in [0.05, 0.1) is 0 Å². The Kier molecular flexibility index (Phi) is 3.61. The first-order valence-corrected chi connectivity index (χ1v) is 7.97. The van der Waals surface area contributed by atoms with Crippen LogP contribution in [0.5, 0.6) is 0 Å². The van der Waals surface area contributed by atoms with E-state index in [1.54, 1.807) is 0 Å². The van der Waals surface area contributed by atoms with Gasteiger partial charge in [-0.05, 0) is 55.2 Å². The zero-order chi connectivity index (χ0) is 15.0. The van der Waals surface area contributed by atoms with Crippen LogP contribution >= 0.6 is 0 Å². The van der Waals surface area contributed by atoms with Crippen molar-refractivity contribution in [1.29, 1.82) is 0 Å². The van der Waals surface area contributed by atoms with E-state index in [0.717, 1.165) is 6.42 Å². The predicted molar refractivity (Wildman–Crippen MR) is 88.7 cm³/mol. The van der Waals surface area contributed by atoms with Gasteiger partial charge in [-0.2, -0.15) is 0 Å². The fourth-order valence-corrected chi connectivity index (χ4v) is 3.49. The molecule has 1 heterocycles. The molecule has 0 saturated heterocycles. The molecular formula is C20H25N. The first-order valence-electron chi connectivity index (χ1n) is 7.97. The van der Waals surface area contributed by atoms with E-state index in [-0.39, 0.29) is 0 Å². The molecule has 0 amide bonds. The Bertz CT molecular complexity index is 637. The third-order valence-corrected chi connectivity index (χ3v) is 5.01. The second kappa shape index (κ2) is 5.29. The van der Waals surface area contributed by atoms with Gasteiger partial charge in [0, 0.05) is 17.8 Å². The van der Waals surface area contributed by atoms with E-state index in [9.17, 15) is 0 Å². The molecule has 1 aliphatic carbocycles. The van der Waals surface area contributed by atoms with Crippen molar-refractivity contribution in [3.05, 3.63) is 64.5 Å². The molecule has 1 nitrogen and oxygen atoms in total. The number of aromatic nitrogens is 1. The second-order valence-corrected chi connectivity index (χ2v) is 7.29. The highest BCUT2D eigenvalue weighted by Gasteiger charge is 2.36. The van der Waals surface area contributed by atoms with Gasteiger partial charge < -0.3 is 0 Å². The summed E-state index contributed by atoms with van der Waals surface area (Å²) < 4.78 is 0. The normalized spacial score (nSPS) is 20.1. The maximum absolute atomic E-state index is 4.81. The molecule has 1 unspecified atom stereocenters. The van der Waals surface area contributed by atoms with E-state index >= 15 is 0 Å². The lowest BCUT2D eigenvalue weighted by Crippen LogP contribution is -2.30. The van der Waals surface area contributed by atoms with Crippen molar-refractivity contribution in [1.82, 2.24) is 4.98 Å². The van der Waals surface area contributed by atoms with E-state index in [0.29, 0.717) is 11.3 Å². The smallest absolute Gasteiger partial charge is 0.0475 e. The number of fused-ring (bicyclic) bond motifs is 1. The van der Waals surface area contributed by atoms with E-state index in [4.69, 9.17) is 4.98 Å². The number of aryl methyl sites for hydroxylation is 3. The van der Waals surface area contributed by atoms with E-state index < -0.39 is 0 Å². The molecule has 2 aromatic rings. The maximum Gasteiger partial charge on any atom is 0.0475 e. The Morgan fingerprint density at radius 3 is 2.52 bits per heavy atom. The number of benzene rings is 1. The zero-order valence-corrected chi connectivity index (χ0v) is 13.6. The number of hydrogen-bond acceptors (Lipinski definition) is 1. The number of nitrogens with zero attached hydrogens (tertiary/aromatic N) is 1. The highest BCUT2D eigenvalue weighted by molar-refractivity contribution is 5.34. The van der Waals surface area contributed by atoms with Gasteiger partial charge in [0.1, 0.15) is 0 Å². The topological polar surface area (TPSA) is 12.9 Å². The Hall–Kier alpha value is -1.63. The third kappa shape index (κ3) is 2.88. The molecule has 1 heteroatoms. The summed E-state index contributed by atoms with van der Waals surface area (Å²) >= 11 is 0. The molecular weight excluding hydrogens is 254 g/mol. The summed E-state index contributed by atoms with van der Waals surface area (Å²) in [4.78, 5) is 4.81. The van der Waals surface area contributed by atoms with Gasteiger partial charge in [0.15, 0.2) is 0 Å². The highest BCUT2D eigenvalue weighted by atomic mass is 14.7. The number of rotatable bonds is 2. The lowest BCUT2D eigenvalue weighted by Gasteiger charge is -2.39. The van der Waals surface area contributed by atoms with Crippen molar-refractivity contribution in [3.63, 3.8) is 0 Å². The molecule has 3 rings (SSSR count). The van der Waals surface area contributed by atoms with Crippen LogP contribution < -0.4 is 0 Å². The summed E-state index contributed by atoms with van der Waals surface area (Å²) in [6.45, 7) is 9.09. The summed E-state index contributed by atoms with van der Waals surface area (Å²) in [5.74, 6) is 0.518. The Labute approximate surface area is 128 Å². The van der Waals surface area contributed by atoms with Crippen LogP contribution in [-0.4, -0.2) is 4.98 Å². The molecule has 0 fully saturated rings. The van der Waals surface area contributed by atoms with Gasteiger partial charge in [-0.1, -0.05) is 49.7 Å². The number of hydrogen-bond donors (Lipinski definition) is 0. The van der Waals surface area contributed by atoms with Crippen molar-refractivity contribution in [2.24, 2.45) is 5.41 Å². The van der Waals surface area contributed by atoms with E-state index in [2.05, 4.69) is 58.0 Å². The first-order chi connectivity index (χ1) is 9.95. The molecule has 0 spiro atoms. The minimum absolute atomic E-state index is 0.320. The van der Waals surface area contributed by atoms with Crippen molar-refractivity contribution in [2.75, 3.05) is 0 Å². The molecule has 21 heavy (non-hydrogen) atoms. The summed E-state index contributed by atoms with van der Waals surface area (Å²) in [6, 6.07) is 11.3. The minimum Gasteiger partial charge on any atom is -0.260 e. The molecule has 0 aliphatic heterocycles. The zero-order valence-electron chi connectivity index (χ0n) is 13.6. The average molecular weight is 279 g/mol. The fraction of sp³-hybridized carbons (Fsp3) is 0.450. The summed E-state index contributed by atoms with van der Waals surface area (Å²) in [5, 5.41) is 0. The highest BCUT2D eigenvalue weighted by Crippen LogP contribution is 2.46. The Balaban J connectivity index is 1.97. The quantitative estimate of drug-likeness (QED) is 0.754. The van der Waals surface area contributed by atoms with Gasteiger partial charge in [-0.25, -0.2) is 0 Å². The van der Waals surface area contributed by atoms with Crippen molar-refractivity contribution in [3.8, 4) is 0 Å². The van der Waals surface area contributed by atoms with Crippen LogP contribution in [0.25, 0.3) is 0 Å². The maximum atomic E-state index is 4.81. The molecule has 1 aliphatic rings. The minimum atomic E-state index is 0.320. The largest absolute Gasteiger partial charge is 0.260 e. The molecule has 0 bridgehead atoms. The predicted octanol–water partition coefficient (Wildman–Crippen LogP) is 5.00. The molecule has 0 saturated carbocycles. The van der Waals surface area contributed by atoms with Crippen LogP contribution in [0.4, 0.5) is 0 Å². The number of pyridine rings is 1. The van der Waals surface area contributed by atoms with Crippen LogP contribution in [-0.2, 0) is 12.8 Å². The summed E-state index contributed by atoms with van der Waals surface area (Å²) in [5.41, 5.74) is 7.15. The van der Waals surface area contributed by atoms with Crippen LogP contribution in [0.1, 0.15) is 54.1 Å². The van der Waals surface area contributed by atoms with Gasteiger partial charge in [0.2, 0.25) is 0 Å². The van der Waals surface area contributed by atoms with Crippen LogP contribution in [0.3, 0.4) is 0 Å². The summed E-state index contributed by atoms with van der Waals surface area (Å²) in [7, 11) is 0. The lowest BCUT2D eigenvalue weighted by molar-refractivity contribution is 0.237. The Morgan fingerprint density at radius 2 is 1.81 bits per heavy atom. The summed E-state index contributed by atoms with van der Waals surface area (Å²) in [6.07, 6.45) is 5.54. The van der Waals surface area contributed by atoms with Gasteiger partial charge in [0.25, 0.3) is 0 Å². The molecule has 110 valence electrons. The van der Waals surface area contributed by atoms with Crippen LogP contribution in [0, 0.1) is 19.3 Å². The molecule has 1 aromatic carbocycles. The molecule has 1 aromatic heterocycles. The van der Waals surface area contributed by atoms with Crippen LogP contribution in [0.15, 0.2) is 36.5 Å². The van der Waals surface area contributed by atoms with E-state index in [1.807, 2.05) is 6.20 Å². The molecule has 0 N–H and O–H groups in total. The third-order valence-electron chi connectivity index (χ3n) is 5.01. The van der Waals surface area contributed by atoms with Crippen molar-refractivity contribution < 1.29 is 0 Å². The first kappa shape index (κ1) is 14.3. The average Bonchev–Trinajstić information content (AvgIpc) is 2.44. The van der Waals surface area contributed by atoms with Crippen molar-refractivity contribution in [2.45, 2.75) is 52.9 Å². The standard InChI is InChI=1S/C20H25N/c1-14-5-7-16(8-6-14)12-18-19-17(9-10-20(18,3)4)11-15(2)13-21-19/h5-8,11,13,18H,9-10,12H2,1-4H3.